The zero-order valence-corrected chi connectivity index (χ0v) is 15.2. The smallest absolute Gasteiger partial charge is 0.336 e. The molecule has 0 fully saturated rings. The number of rotatable bonds is 4. The van der Waals surface area contributed by atoms with Gasteiger partial charge in [0.1, 0.15) is 11.5 Å². The van der Waals surface area contributed by atoms with Gasteiger partial charge in [-0.3, -0.25) is 0 Å². The topological polar surface area (TPSA) is 39.4 Å². The van der Waals surface area contributed by atoms with E-state index in [1.807, 2.05) is 32.1 Å². The average molecular weight is 324 g/mol. The van der Waals surface area contributed by atoms with E-state index < -0.39 is 0 Å². The standard InChI is InChI=1S/C21H24O3/c1-13(9-18-10-14(2)11-21(22)24-18)7-8-19-15(3)12-20(23-6)17(5)16(19)4/h7-12H,1-6H3/b8-7+,13-9-. The molecule has 3 heteroatoms. The summed E-state index contributed by atoms with van der Waals surface area (Å²) in [5.41, 5.74) is 6.29. The zero-order chi connectivity index (χ0) is 17.9. The summed E-state index contributed by atoms with van der Waals surface area (Å²) >= 11 is 0. The van der Waals surface area contributed by atoms with Gasteiger partial charge in [0.05, 0.1) is 7.11 Å². The predicted octanol–water partition coefficient (Wildman–Crippen LogP) is 5.00. The lowest BCUT2D eigenvalue weighted by Gasteiger charge is -2.13. The first-order valence-corrected chi connectivity index (χ1v) is 7.94. The minimum Gasteiger partial charge on any atom is -0.496 e. The van der Waals surface area contributed by atoms with Crippen molar-refractivity contribution >= 4 is 12.2 Å². The molecule has 2 rings (SSSR count). The van der Waals surface area contributed by atoms with Gasteiger partial charge in [-0.15, -0.1) is 0 Å². The lowest BCUT2D eigenvalue weighted by Crippen LogP contribution is -1.98. The van der Waals surface area contributed by atoms with Gasteiger partial charge < -0.3 is 9.15 Å². The SMILES string of the molecule is COc1cc(C)c(/C=C/C(C)=C\c2cc(C)cc(=O)o2)c(C)c1C. The molecule has 0 spiro atoms. The largest absolute Gasteiger partial charge is 0.496 e. The lowest BCUT2D eigenvalue weighted by molar-refractivity contribution is 0.411. The molecule has 0 unspecified atom stereocenters. The van der Waals surface area contributed by atoms with Gasteiger partial charge in [-0.25, -0.2) is 4.79 Å². The van der Waals surface area contributed by atoms with Crippen LogP contribution in [0.5, 0.6) is 5.75 Å². The fourth-order valence-electron chi connectivity index (χ4n) is 2.72. The molecule has 0 atom stereocenters. The maximum absolute atomic E-state index is 11.4. The van der Waals surface area contributed by atoms with Crippen molar-refractivity contribution in [2.24, 2.45) is 0 Å². The Morgan fingerprint density at radius 3 is 2.42 bits per heavy atom. The van der Waals surface area contributed by atoms with E-state index in [0.717, 1.165) is 22.4 Å². The predicted molar refractivity (Wildman–Crippen MR) is 99.6 cm³/mol. The minimum atomic E-state index is -0.324. The van der Waals surface area contributed by atoms with E-state index in [-0.39, 0.29) is 5.63 Å². The number of ether oxygens (including phenoxy) is 1. The number of hydrogen-bond acceptors (Lipinski definition) is 3. The van der Waals surface area contributed by atoms with Gasteiger partial charge in [-0.05, 0) is 86.2 Å². The molecule has 0 aliphatic carbocycles. The van der Waals surface area contributed by atoms with Gasteiger partial charge in [0.25, 0.3) is 0 Å². The van der Waals surface area contributed by atoms with Crippen LogP contribution in [0.1, 0.15) is 40.5 Å². The second kappa shape index (κ2) is 7.35. The van der Waals surface area contributed by atoms with Crippen molar-refractivity contribution in [2.75, 3.05) is 7.11 Å². The third-order valence-electron chi connectivity index (χ3n) is 4.15. The molecule has 1 aromatic heterocycles. The van der Waals surface area contributed by atoms with Gasteiger partial charge in [0.2, 0.25) is 0 Å². The highest BCUT2D eigenvalue weighted by atomic mass is 16.5. The molecule has 0 radical (unpaired) electrons. The molecule has 0 amide bonds. The van der Waals surface area contributed by atoms with E-state index in [4.69, 9.17) is 9.15 Å². The summed E-state index contributed by atoms with van der Waals surface area (Å²) in [6.07, 6.45) is 5.99. The first-order chi connectivity index (χ1) is 11.3. The summed E-state index contributed by atoms with van der Waals surface area (Å²) in [4.78, 5) is 11.4. The highest BCUT2D eigenvalue weighted by Crippen LogP contribution is 2.28. The van der Waals surface area contributed by atoms with Crippen molar-refractivity contribution in [1.29, 1.82) is 0 Å². The molecule has 0 aliphatic rings. The highest BCUT2D eigenvalue weighted by Gasteiger charge is 2.08. The van der Waals surface area contributed by atoms with Gasteiger partial charge >= 0.3 is 5.63 Å². The van der Waals surface area contributed by atoms with E-state index in [1.54, 1.807) is 7.11 Å². The Bertz CT molecular complexity index is 867. The monoisotopic (exact) mass is 324 g/mol. The van der Waals surface area contributed by atoms with Crippen LogP contribution in [0.2, 0.25) is 0 Å². The molecule has 0 N–H and O–H groups in total. The van der Waals surface area contributed by atoms with Crippen LogP contribution in [0.4, 0.5) is 0 Å². The summed E-state index contributed by atoms with van der Waals surface area (Å²) < 4.78 is 10.6. The first kappa shape index (κ1) is 17.8. The van der Waals surface area contributed by atoms with Crippen LogP contribution in [0.15, 0.2) is 39.1 Å². The molecule has 3 nitrogen and oxygen atoms in total. The summed E-state index contributed by atoms with van der Waals surface area (Å²) in [6, 6.07) is 5.39. The minimum absolute atomic E-state index is 0.324. The highest BCUT2D eigenvalue weighted by molar-refractivity contribution is 5.66. The average Bonchev–Trinajstić information content (AvgIpc) is 2.49. The molecular formula is C21H24O3. The Morgan fingerprint density at radius 1 is 1.08 bits per heavy atom. The van der Waals surface area contributed by atoms with Crippen LogP contribution in [-0.4, -0.2) is 7.11 Å². The normalized spacial score (nSPS) is 12.0. The Morgan fingerprint density at radius 2 is 1.79 bits per heavy atom. The summed E-state index contributed by atoms with van der Waals surface area (Å²) in [7, 11) is 1.69. The lowest BCUT2D eigenvalue weighted by atomic mass is 9.96. The Kier molecular flexibility index (Phi) is 5.45. The van der Waals surface area contributed by atoms with Gasteiger partial charge in [0.15, 0.2) is 0 Å². The quantitative estimate of drug-likeness (QED) is 0.743. The van der Waals surface area contributed by atoms with Crippen molar-refractivity contribution in [3.8, 4) is 5.75 Å². The number of aryl methyl sites for hydroxylation is 2. The zero-order valence-electron chi connectivity index (χ0n) is 15.2. The van der Waals surface area contributed by atoms with E-state index >= 15 is 0 Å². The van der Waals surface area contributed by atoms with Crippen molar-refractivity contribution < 1.29 is 9.15 Å². The summed E-state index contributed by atoms with van der Waals surface area (Å²) in [5, 5.41) is 0. The Labute approximate surface area is 143 Å². The van der Waals surface area contributed by atoms with Gasteiger partial charge in [0, 0.05) is 6.07 Å². The van der Waals surface area contributed by atoms with Crippen molar-refractivity contribution in [3.63, 3.8) is 0 Å². The maximum atomic E-state index is 11.4. The molecule has 2 aromatic rings. The number of methoxy groups -OCH3 is 1. The number of benzene rings is 1. The van der Waals surface area contributed by atoms with E-state index in [2.05, 4.69) is 32.9 Å². The van der Waals surface area contributed by atoms with Crippen LogP contribution in [-0.2, 0) is 0 Å². The molecule has 1 aromatic carbocycles. The van der Waals surface area contributed by atoms with Crippen molar-refractivity contribution in [1.82, 2.24) is 0 Å². The fourth-order valence-corrected chi connectivity index (χ4v) is 2.72. The van der Waals surface area contributed by atoms with Crippen LogP contribution >= 0.6 is 0 Å². The van der Waals surface area contributed by atoms with E-state index in [9.17, 15) is 4.79 Å². The Hall–Kier alpha value is -2.55. The fraction of sp³-hybridized carbons (Fsp3) is 0.286. The molecule has 0 saturated carbocycles. The second-order valence-electron chi connectivity index (χ2n) is 6.14. The third-order valence-corrected chi connectivity index (χ3v) is 4.15. The van der Waals surface area contributed by atoms with E-state index in [0.29, 0.717) is 5.76 Å². The molecule has 126 valence electrons. The van der Waals surface area contributed by atoms with Crippen LogP contribution in [0.25, 0.3) is 12.2 Å². The van der Waals surface area contributed by atoms with Crippen LogP contribution in [0.3, 0.4) is 0 Å². The molecule has 1 heterocycles. The van der Waals surface area contributed by atoms with Crippen LogP contribution < -0.4 is 10.4 Å². The molecule has 0 aliphatic heterocycles. The molecule has 0 saturated heterocycles. The van der Waals surface area contributed by atoms with Gasteiger partial charge in [-0.2, -0.15) is 0 Å². The second-order valence-corrected chi connectivity index (χ2v) is 6.14. The molecule has 24 heavy (non-hydrogen) atoms. The van der Waals surface area contributed by atoms with E-state index in [1.165, 1.54) is 22.8 Å². The summed E-state index contributed by atoms with van der Waals surface area (Å²) in [5.74, 6) is 1.48. The maximum Gasteiger partial charge on any atom is 0.336 e. The molecular weight excluding hydrogens is 300 g/mol. The number of hydrogen-bond donors (Lipinski definition) is 0. The van der Waals surface area contributed by atoms with Crippen molar-refractivity contribution in [3.05, 3.63) is 73.8 Å². The Balaban J connectivity index is 2.35. The van der Waals surface area contributed by atoms with Gasteiger partial charge in [-0.1, -0.05) is 12.2 Å². The first-order valence-electron chi connectivity index (χ1n) is 7.94. The van der Waals surface area contributed by atoms with Crippen molar-refractivity contribution in [2.45, 2.75) is 34.6 Å². The molecule has 0 bridgehead atoms. The number of allylic oxidation sites excluding steroid dienone is 2. The summed E-state index contributed by atoms with van der Waals surface area (Å²) in [6.45, 7) is 10.1. The van der Waals surface area contributed by atoms with Crippen LogP contribution in [0, 0.1) is 27.7 Å². The third kappa shape index (κ3) is 4.05.